The molecule has 0 radical (unpaired) electrons. The smallest absolute Gasteiger partial charge is 0.247 e. The lowest BCUT2D eigenvalue weighted by Crippen LogP contribution is -2.32. The second-order valence-electron chi connectivity index (χ2n) is 5.38. The molecule has 1 saturated carbocycles. The molecule has 23 heavy (non-hydrogen) atoms. The van der Waals surface area contributed by atoms with Crippen LogP contribution in [0.4, 0.5) is 0 Å². The molecule has 1 aliphatic carbocycles. The average Bonchev–Trinajstić information content (AvgIpc) is 3.27. The molecule has 3 rings (SSSR count). The van der Waals surface area contributed by atoms with Crippen molar-refractivity contribution in [2.75, 3.05) is 14.2 Å². The summed E-state index contributed by atoms with van der Waals surface area (Å²) in [5.74, 6) is 0.832. The minimum atomic E-state index is -3.65. The summed E-state index contributed by atoms with van der Waals surface area (Å²) in [7, 11) is -0.664. The van der Waals surface area contributed by atoms with Crippen LogP contribution in [-0.2, 0) is 16.6 Å². The van der Waals surface area contributed by atoms with E-state index < -0.39 is 10.0 Å². The average molecular weight is 353 g/mol. The molecular weight excluding hydrogens is 334 g/mol. The van der Waals surface area contributed by atoms with Gasteiger partial charge >= 0.3 is 0 Å². The Kier molecular flexibility index (Phi) is 4.61. The van der Waals surface area contributed by atoms with Crippen molar-refractivity contribution in [2.24, 2.45) is 0 Å². The van der Waals surface area contributed by atoms with Crippen LogP contribution in [0.15, 0.2) is 40.6 Å². The molecule has 5 nitrogen and oxygen atoms in total. The van der Waals surface area contributed by atoms with Crippen LogP contribution < -0.4 is 9.47 Å². The maximum absolute atomic E-state index is 13.2. The zero-order valence-electron chi connectivity index (χ0n) is 13.1. The monoisotopic (exact) mass is 353 g/mol. The van der Waals surface area contributed by atoms with Crippen LogP contribution in [0, 0.1) is 0 Å². The van der Waals surface area contributed by atoms with Crippen molar-refractivity contribution in [3.05, 3.63) is 40.6 Å². The van der Waals surface area contributed by atoms with Crippen molar-refractivity contribution in [2.45, 2.75) is 30.3 Å². The molecule has 1 heterocycles. The van der Waals surface area contributed by atoms with Gasteiger partial charge in [-0.3, -0.25) is 0 Å². The third-order valence-corrected chi connectivity index (χ3v) is 6.58. The molecule has 0 aliphatic heterocycles. The zero-order chi connectivity index (χ0) is 16.4. The summed E-state index contributed by atoms with van der Waals surface area (Å²) in [6.45, 7) is 0.394. The number of hydrogen-bond acceptors (Lipinski definition) is 5. The largest absolute Gasteiger partial charge is 0.497 e. The SMILES string of the molecule is COc1ccc(OC)c(S(=O)(=O)N(Cc2cccs2)C2CC2)c1. The van der Waals surface area contributed by atoms with E-state index in [1.807, 2.05) is 17.5 Å². The topological polar surface area (TPSA) is 55.8 Å². The maximum Gasteiger partial charge on any atom is 0.247 e. The van der Waals surface area contributed by atoms with Gasteiger partial charge in [0.2, 0.25) is 10.0 Å². The number of rotatable bonds is 7. The van der Waals surface area contributed by atoms with Gasteiger partial charge < -0.3 is 9.47 Å². The molecule has 7 heteroatoms. The van der Waals surface area contributed by atoms with Crippen LogP contribution in [-0.4, -0.2) is 33.0 Å². The van der Waals surface area contributed by atoms with Crippen LogP contribution in [0.25, 0.3) is 0 Å². The van der Waals surface area contributed by atoms with Gasteiger partial charge in [0, 0.05) is 23.5 Å². The van der Waals surface area contributed by atoms with Crippen molar-refractivity contribution in [3.8, 4) is 11.5 Å². The van der Waals surface area contributed by atoms with Crippen molar-refractivity contribution in [3.63, 3.8) is 0 Å². The molecule has 124 valence electrons. The van der Waals surface area contributed by atoms with E-state index in [9.17, 15) is 8.42 Å². The molecule has 0 bridgehead atoms. The number of nitrogens with zero attached hydrogens (tertiary/aromatic N) is 1. The van der Waals surface area contributed by atoms with Gasteiger partial charge in [-0.05, 0) is 36.4 Å². The van der Waals surface area contributed by atoms with Gasteiger partial charge in [-0.2, -0.15) is 4.31 Å². The highest BCUT2D eigenvalue weighted by molar-refractivity contribution is 7.89. The molecule has 1 aromatic carbocycles. The lowest BCUT2D eigenvalue weighted by atomic mass is 10.3. The first-order valence-corrected chi connectivity index (χ1v) is 9.64. The van der Waals surface area contributed by atoms with Gasteiger partial charge in [0.15, 0.2) is 0 Å². The Labute approximate surface area is 140 Å². The standard InChI is InChI=1S/C16H19NO4S2/c1-20-13-7-8-15(21-2)16(10-13)23(18,19)17(12-5-6-12)11-14-4-3-9-22-14/h3-4,7-10,12H,5-6,11H2,1-2H3. The van der Waals surface area contributed by atoms with Gasteiger partial charge in [-0.25, -0.2) is 8.42 Å². The predicted octanol–water partition coefficient (Wildman–Crippen LogP) is 3.12. The van der Waals surface area contributed by atoms with E-state index >= 15 is 0 Å². The minimum absolute atomic E-state index is 0.0676. The fraction of sp³-hybridized carbons (Fsp3) is 0.375. The highest BCUT2D eigenvalue weighted by Gasteiger charge is 2.39. The first kappa shape index (κ1) is 16.3. The first-order chi connectivity index (χ1) is 11.1. The van der Waals surface area contributed by atoms with E-state index in [-0.39, 0.29) is 10.9 Å². The maximum atomic E-state index is 13.2. The van der Waals surface area contributed by atoms with E-state index in [1.54, 1.807) is 27.8 Å². The van der Waals surface area contributed by atoms with E-state index in [2.05, 4.69) is 0 Å². The molecule has 1 aliphatic rings. The Balaban J connectivity index is 2.01. The van der Waals surface area contributed by atoms with E-state index in [0.29, 0.717) is 18.0 Å². The molecule has 0 atom stereocenters. The summed E-state index contributed by atoms with van der Waals surface area (Å²) >= 11 is 1.56. The second-order valence-corrected chi connectivity index (χ2v) is 8.27. The number of ether oxygens (including phenoxy) is 2. The van der Waals surface area contributed by atoms with Gasteiger partial charge in [-0.1, -0.05) is 6.07 Å². The fourth-order valence-corrected chi connectivity index (χ4v) is 5.06. The Morgan fingerprint density at radius 3 is 2.57 bits per heavy atom. The quantitative estimate of drug-likeness (QED) is 0.767. The van der Waals surface area contributed by atoms with E-state index in [4.69, 9.17) is 9.47 Å². The summed E-state index contributed by atoms with van der Waals surface area (Å²) in [6, 6.07) is 8.80. The summed E-state index contributed by atoms with van der Waals surface area (Å²) in [5.41, 5.74) is 0. The molecule has 1 fully saturated rings. The first-order valence-electron chi connectivity index (χ1n) is 7.32. The van der Waals surface area contributed by atoms with Crippen LogP contribution in [0.2, 0.25) is 0 Å². The molecular formula is C16H19NO4S2. The second kappa shape index (κ2) is 6.51. The summed E-state index contributed by atoms with van der Waals surface area (Å²) in [4.78, 5) is 1.19. The molecule has 0 N–H and O–H groups in total. The third-order valence-electron chi connectivity index (χ3n) is 3.80. The van der Waals surface area contributed by atoms with Crippen LogP contribution >= 0.6 is 11.3 Å². The van der Waals surface area contributed by atoms with Gasteiger partial charge in [-0.15, -0.1) is 11.3 Å². The summed E-state index contributed by atoms with van der Waals surface area (Å²) in [6.07, 6.45) is 1.80. The molecule has 0 amide bonds. The van der Waals surface area contributed by atoms with E-state index in [0.717, 1.165) is 17.7 Å². The molecule has 0 spiro atoms. The number of methoxy groups -OCH3 is 2. The van der Waals surface area contributed by atoms with Crippen molar-refractivity contribution < 1.29 is 17.9 Å². The molecule has 2 aromatic rings. The van der Waals surface area contributed by atoms with Crippen LogP contribution in [0.3, 0.4) is 0 Å². The van der Waals surface area contributed by atoms with Gasteiger partial charge in [0.1, 0.15) is 16.4 Å². The van der Waals surface area contributed by atoms with Crippen LogP contribution in [0.5, 0.6) is 11.5 Å². The van der Waals surface area contributed by atoms with E-state index in [1.165, 1.54) is 20.3 Å². The van der Waals surface area contributed by atoms with Crippen molar-refractivity contribution in [1.29, 1.82) is 0 Å². The lowest BCUT2D eigenvalue weighted by Gasteiger charge is -2.22. The van der Waals surface area contributed by atoms with Crippen molar-refractivity contribution >= 4 is 21.4 Å². The van der Waals surface area contributed by atoms with Gasteiger partial charge in [0.05, 0.1) is 14.2 Å². The number of benzene rings is 1. The predicted molar refractivity (Wildman–Crippen MR) is 89.6 cm³/mol. The Hall–Kier alpha value is -1.57. The minimum Gasteiger partial charge on any atom is -0.497 e. The number of thiophene rings is 1. The Bertz CT molecular complexity index is 767. The normalized spacial score (nSPS) is 14.9. The Morgan fingerprint density at radius 2 is 2.00 bits per heavy atom. The lowest BCUT2D eigenvalue weighted by molar-refractivity contribution is 0.377. The molecule has 0 saturated heterocycles. The third kappa shape index (κ3) is 3.36. The highest BCUT2D eigenvalue weighted by Crippen LogP contribution is 2.38. The van der Waals surface area contributed by atoms with Crippen LogP contribution in [0.1, 0.15) is 17.7 Å². The number of hydrogen-bond donors (Lipinski definition) is 0. The zero-order valence-corrected chi connectivity index (χ0v) is 14.7. The summed E-state index contributed by atoms with van der Waals surface area (Å²) < 4.78 is 38.4. The Morgan fingerprint density at radius 1 is 1.22 bits per heavy atom. The molecule has 1 aromatic heterocycles. The molecule has 0 unspecified atom stereocenters. The van der Waals surface area contributed by atoms with Gasteiger partial charge in [0.25, 0.3) is 0 Å². The number of sulfonamides is 1. The fourth-order valence-electron chi connectivity index (χ4n) is 2.44. The highest BCUT2D eigenvalue weighted by atomic mass is 32.2. The van der Waals surface area contributed by atoms with Crippen molar-refractivity contribution in [1.82, 2.24) is 4.31 Å². The summed E-state index contributed by atoms with van der Waals surface area (Å²) in [5, 5.41) is 1.96.